The molecule has 0 saturated heterocycles. The van der Waals surface area contributed by atoms with Crippen molar-refractivity contribution < 1.29 is 9.47 Å². The van der Waals surface area contributed by atoms with Crippen LogP contribution in [0.4, 0.5) is 0 Å². The number of nitrogens with zero attached hydrogens (tertiary/aromatic N) is 1. The standard InChI is InChI=1S/C18H27NO2/c1-19(2)13-14-20-17-15-9-5-6-10-16(15)21-18(17)11-7-3-4-8-12-18/h5-6,9-10,17H,3-4,7-8,11-14H2,1-2H3. The monoisotopic (exact) mass is 289 g/mol. The molecule has 1 aromatic carbocycles. The van der Waals surface area contributed by atoms with Gasteiger partial charge in [0.1, 0.15) is 17.5 Å². The zero-order chi connectivity index (χ0) is 14.7. The third-order valence-corrected chi connectivity index (χ3v) is 4.77. The van der Waals surface area contributed by atoms with Gasteiger partial charge in [-0.1, -0.05) is 31.0 Å². The SMILES string of the molecule is CN(C)CCOC1c2ccccc2OC12CCCCCC2. The van der Waals surface area contributed by atoms with Crippen LogP contribution in [-0.4, -0.2) is 37.7 Å². The molecule has 21 heavy (non-hydrogen) atoms. The topological polar surface area (TPSA) is 21.7 Å². The van der Waals surface area contributed by atoms with Crippen LogP contribution in [0.5, 0.6) is 5.75 Å². The molecule has 1 aliphatic heterocycles. The van der Waals surface area contributed by atoms with E-state index in [2.05, 4.69) is 43.3 Å². The third kappa shape index (κ3) is 3.09. The zero-order valence-electron chi connectivity index (χ0n) is 13.3. The molecule has 116 valence electrons. The molecule has 1 unspecified atom stereocenters. The van der Waals surface area contributed by atoms with Gasteiger partial charge in [0.15, 0.2) is 0 Å². The summed E-state index contributed by atoms with van der Waals surface area (Å²) in [5.41, 5.74) is 1.13. The van der Waals surface area contributed by atoms with Gasteiger partial charge in [0, 0.05) is 12.1 Å². The number of para-hydroxylation sites is 1. The normalized spacial score (nSPS) is 23.9. The fraction of sp³-hybridized carbons (Fsp3) is 0.667. The number of benzene rings is 1. The fourth-order valence-corrected chi connectivity index (χ4v) is 3.63. The fourth-order valence-electron chi connectivity index (χ4n) is 3.63. The van der Waals surface area contributed by atoms with Gasteiger partial charge in [-0.05, 0) is 45.8 Å². The van der Waals surface area contributed by atoms with Crippen molar-refractivity contribution in [3.05, 3.63) is 29.8 Å². The molecule has 0 radical (unpaired) electrons. The van der Waals surface area contributed by atoms with E-state index < -0.39 is 0 Å². The highest BCUT2D eigenvalue weighted by molar-refractivity contribution is 5.41. The minimum atomic E-state index is -0.119. The molecule has 1 atom stereocenters. The predicted octanol–water partition coefficient (Wildman–Crippen LogP) is 3.79. The Morgan fingerprint density at radius 2 is 1.86 bits per heavy atom. The maximum absolute atomic E-state index is 6.45. The van der Waals surface area contributed by atoms with Crippen LogP contribution in [0.1, 0.15) is 50.2 Å². The first-order valence-electron chi connectivity index (χ1n) is 8.26. The lowest BCUT2D eigenvalue weighted by atomic mass is 9.86. The molecule has 1 aromatic rings. The maximum atomic E-state index is 6.45. The van der Waals surface area contributed by atoms with Crippen LogP contribution < -0.4 is 4.74 Å². The number of likely N-dealkylation sites (N-methyl/N-ethyl adjacent to an activating group) is 1. The van der Waals surface area contributed by atoms with E-state index >= 15 is 0 Å². The second-order valence-electron chi connectivity index (χ2n) is 6.67. The minimum absolute atomic E-state index is 0.103. The number of ether oxygens (including phenoxy) is 2. The number of rotatable bonds is 4. The first-order chi connectivity index (χ1) is 10.2. The molecule has 2 aliphatic rings. The lowest BCUT2D eigenvalue weighted by Gasteiger charge is -2.34. The van der Waals surface area contributed by atoms with Crippen molar-refractivity contribution in [1.29, 1.82) is 0 Å². The van der Waals surface area contributed by atoms with Gasteiger partial charge in [-0.2, -0.15) is 0 Å². The molecule has 3 nitrogen and oxygen atoms in total. The van der Waals surface area contributed by atoms with Gasteiger partial charge in [-0.15, -0.1) is 0 Å². The van der Waals surface area contributed by atoms with E-state index in [-0.39, 0.29) is 11.7 Å². The van der Waals surface area contributed by atoms with Crippen LogP contribution in [0.2, 0.25) is 0 Å². The molecule has 3 rings (SSSR count). The highest BCUT2D eigenvalue weighted by Crippen LogP contribution is 2.51. The number of fused-ring (bicyclic) bond motifs is 1. The maximum Gasteiger partial charge on any atom is 0.139 e. The number of hydrogen-bond donors (Lipinski definition) is 0. The van der Waals surface area contributed by atoms with Crippen molar-refractivity contribution >= 4 is 0 Å². The Kier molecular flexibility index (Phi) is 4.51. The van der Waals surface area contributed by atoms with Crippen LogP contribution in [0.3, 0.4) is 0 Å². The molecule has 1 heterocycles. The van der Waals surface area contributed by atoms with Crippen LogP contribution in [-0.2, 0) is 4.74 Å². The molecular weight excluding hydrogens is 262 g/mol. The van der Waals surface area contributed by atoms with Crippen LogP contribution in [0, 0.1) is 0 Å². The summed E-state index contributed by atoms with van der Waals surface area (Å²) in [5, 5.41) is 0. The molecule has 1 spiro atoms. The van der Waals surface area contributed by atoms with Gasteiger partial charge in [-0.3, -0.25) is 0 Å². The summed E-state index contributed by atoms with van der Waals surface area (Å²) in [5.74, 6) is 1.04. The highest BCUT2D eigenvalue weighted by atomic mass is 16.6. The van der Waals surface area contributed by atoms with Crippen LogP contribution in [0.15, 0.2) is 24.3 Å². The largest absolute Gasteiger partial charge is 0.484 e. The highest BCUT2D eigenvalue weighted by Gasteiger charge is 2.48. The summed E-state index contributed by atoms with van der Waals surface area (Å²) in [7, 11) is 4.17. The van der Waals surface area contributed by atoms with Crippen molar-refractivity contribution in [2.24, 2.45) is 0 Å². The Morgan fingerprint density at radius 1 is 1.14 bits per heavy atom. The molecule has 0 N–H and O–H groups in total. The molecule has 0 amide bonds. The summed E-state index contributed by atoms with van der Waals surface area (Å²) in [6.07, 6.45) is 7.50. The molecule has 3 heteroatoms. The van der Waals surface area contributed by atoms with E-state index in [0.29, 0.717) is 0 Å². The summed E-state index contributed by atoms with van der Waals surface area (Å²) < 4.78 is 12.8. The Morgan fingerprint density at radius 3 is 2.57 bits per heavy atom. The average Bonchev–Trinajstić information content (AvgIpc) is 2.60. The minimum Gasteiger partial charge on any atom is -0.484 e. The van der Waals surface area contributed by atoms with E-state index in [0.717, 1.165) is 31.7 Å². The van der Waals surface area contributed by atoms with E-state index in [1.807, 2.05) is 0 Å². The second kappa shape index (κ2) is 6.37. The first-order valence-corrected chi connectivity index (χ1v) is 8.26. The summed E-state index contributed by atoms with van der Waals surface area (Å²) in [6.45, 7) is 1.71. The predicted molar refractivity (Wildman–Crippen MR) is 84.8 cm³/mol. The van der Waals surface area contributed by atoms with Gasteiger partial charge in [0.25, 0.3) is 0 Å². The molecule has 1 aliphatic carbocycles. The second-order valence-corrected chi connectivity index (χ2v) is 6.67. The smallest absolute Gasteiger partial charge is 0.139 e. The van der Waals surface area contributed by atoms with Crippen molar-refractivity contribution in [3.63, 3.8) is 0 Å². The van der Waals surface area contributed by atoms with Crippen molar-refractivity contribution in [2.75, 3.05) is 27.2 Å². The lowest BCUT2D eigenvalue weighted by molar-refractivity contribution is -0.0821. The van der Waals surface area contributed by atoms with Gasteiger partial charge in [0.2, 0.25) is 0 Å². The summed E-state index contributed by atoms with van der Waals surface area (Å²) >= 11 is 0. The Bertz CT molecular complexity index is 464. The Hall–Kier alpha value is -1.06. The Labute approximate surface area is 128 Å². The van der Waals surface area contributed by atoms with E-state index in [1.54, 1.807) is 0 Å². The van der Waals surface area contributed by atoms with Crippen molar-refractivity contribution in [3.8, 4) is 5.75 Å². The van der Waals surface area contributed by atoms with E-state index in [4.69, 9.17) is 9.47 Å². The molecule has 0 bridgehead atoms. The first kappa shape index (κ1) is 14.9. The zero-order valence-corrected chi connectivity index (χ0v) is 13.3. The quantitative estimate of drug-likeness (QED) is 0.841. The lowest BCUT2D eigenvalue weighted by Crippen LogP contribution is -2.39. The van der Waals surface area contributed by atoms with Gasteiger partial charge in [-0.25, -0.2) is 0 Å². The third-order valence-electron chi connectivity index (χ3n) is 4.77. The van der Waals surface area contributed by atoms with Crippen LogP contribution in [0.25, 0.3) is 0 Å². The van der Waals surface area contributed by atoms with Crippen LogP contribution >= 0.6 is 0 Å². The summed E-state index contributed by atoms with van der Waals surface area (Å²) in [4.78, 5) is 2.17. The van der Waals surface area contributed by atoms with E-state index in [1.165, 1.54) is 31.2 Å². The van der Waals surface area contributed by atoms with E-state index in [9.17, 15) is 0 Å². The van der Waals surface area contributed by atoms with Gasteiger partial charge >= 0.3 is 0 Å². The number of hydrogen-bond acceptors (Lipinski definition) is 3. The average molecular weight is 289 g/mol. The van der Waals surface area contributed by atoms with Crippen molar-refractivity contribution in [2.45, 2.75) is 50.2 Å². The van der Waals surface area contributed by atoms with Gasteiger partial charge in [0.05, 0.1) is 6.61 Å². The molecule has 1 saturated carbocycles. The summed E-state index contributed by atoms with van der Waals surface area (Å²) in [6, 6.07) is 8.43. The molecular formula is C18H27NO2. The van der Waals surface area contributed by atoms with Crippen molar-refractivity contribution in [1.82, 2.24) is 4.90 Å². The molecule has 0 aromatic heterocycles. The van der Waals surface area contributed by atoms with Gasteiger partial charge < -0.3 is 14.4 Å². The Balaban J connectivity index is 1.81. The molecule has 1 fully saturated rings.